The summed E-state index contributed by atoms with van der Waals surface area (Å²) in [7, 11) is 0. The summed E-state index contributed by atoms with van der Waals surface area (Å²) in [5, 5.41) is 0. The van der Waals surface area contributed by atoms with Crippen molar-refractivity contribution in [2.75, 3.05) is 0 Å². The Hall–Kier alpha value is -5.20. The molecule has 0 aromatic rings. The van der Waals surface area contributed by atoms with Gasteiger partial charge >= 0.3 is 0 Å². The summed E-state index contributed by atoms with van der Waals surface area (Å²) < 4.78 is 0. The molecular weight excluding hydrogens is 1040 g/mol. The van der Waals surface area contributed by atoms with Crippen molar-refractivity contribution in [1.29, 1.82) is 0 Å². The maximum Gasteiger partial charge on any atom is -0.0142 e. The van der Waals surface area contributed by atoms with Crippen molar-refractivity contribution in [3.63, 3.8) is 0 Å². The van der Waals surface area contributed by atoms with Gasteiger partial charge in [-0.1, -0.05) is 228 Å². The molecule has 0 spiro atoms. The van der Waals surface area contributed by atoms with Crippen molar-refractivity contribution in [2.45, 2.75) is 306 Å². The molecule has 0 aliphatic heterocycles. The van der Waals surface area contributed by atoms with Crippen LogP contribution in [0.5, 0.6) is 0 Å². The Morgan fingerprint density at radius 3 is 1.10 bits per heavy atom. The van der Waals surface area contributed by atoms with Crippen molar-refractivity contribution in [1.82, 2.24) is 0 Å². The topological polar surface area (TPSA) is 0 Å². The van der Waals surface area contributed by atoms with Gasteiger partial charge in [0, 0.05) is 0 Å². The summed E-state index contributed by atoms with van der Waals surface area (Å²) in [4.78, 5) is 0. The minimum absolute atomic E-state index is 0.812. The maximum absolute atomic E-state index is 3.75. The second-order valence-corrected chi connectivity index (χ2v) is 23.9. The molecule has 0 rings (SSSR count). The molecule has 1 atom stereocenters. The third kappa shape index (κ3) is 87.3. The average molecular weight is 1190 g/mol. The highest BCUT2D eigenvalue weighted by Gasteiger charge is 2.00. The fraction of sp³-hybridized carbons (Fsp3) is 0.540. The average Bonchev–Trinajstić information content (AvgIpc) is 3.53. The van der Waals surface area contributed by atoms with Crippen LogP contribution in [0.2, 0.25) is 0 Å². The molecule has 0 aliphatic carbocycles. The van der Waals surface area contributed by atoms with E-state index >= 15 is 0 Å². The lowest BCUT2D eigenvalue weighted by molar-refractivity contribution is 0.516. The molecule has 0 saturated carbocycles. The molecule has 0 nitrogen and oxygen atoms in total. The Morgan fingerprint density at radius 1 is 0.322 bits per heavy atom. The largest absolute Gasteiger partial charge is 0.103 e. The first-order valence-corrected chi connectivity index (χ1v) is 34.1. The highest BCUT2D eigenvalue weighted by molar-refractivity contribution is 5.15. The van der Waals surface area contributed by atoms with Crippen LogP contribution in [0.3, 0.4) is 0 Å². The van der Waals surface area contributed by atoms with Gasteiger partial charge in [-0.05, 0) is 278 Å². The summed E-state index contributed by atoms with van der Waals surface area (Å²) in [6.45, 7) is 71.7. The van der Waals surface area contributed by atoms with Gasteiger partial charge in [0.25, 0.3) is 0 Å². The second-order valence-electron chi connectivity index (χ2n) is 23.9. The van der Waals surface area contributed by atoms with Gasteiger partial charge in [0.05, 0.1) is 0 Å². The van der Waals surface area contributed by atoms with E-state index in [2.05, 4.69) is 270 Å². The van der Waals surface area contributed by atoms with E-state index in [4.69, 9.17) is 0 Å². The zero-order valence-corrected chi connectivity index (χ0v) is 62.3. The van der Waals surface area contributed by atoms with Crippen LogP contribution in [0.1, 0.15) is 306 Å². The summed E-state index contributed by atoms with van der Waals surface area (Å²) in [5.74, 6) is 0.812. The van der Waals surface area contributed by atoms with Crippen molar-refractivity contribution in [3.8, 4) is 0 Å². The Balaban J connectivity index is -0.000000172. The zero-order valence-electron chi connectivity index (χ0n) is 62.3. The predicted molar refractivity (Wildman–Crippen MR) is 415 cm³/mol. The van der Waals surface area contributed by atoms with Crippen LogP contribution in [0.4, 0.5) is 0 Å². The van der Waals surface area contributed by atoms with Crippen molar-refractivity contribution in [3.05, 3.63) is 240 Å². The Bertz CT molecular complexity index is 2120. The van der Waals surface area contributed by atoms with E-state index in [1.54, 1.807) is 11.1 Å². The third-order valence-electron chi connectivity index (χ3n) is 14.9. The van der Waals surface area contributed by atoms with E-state index in [1.165, 1.54) is 170 Å². The fourth-order valence-corrected chi connectivity index (χ4v) is 7.62. The van der Waals surface area contributed by atoms with Gasteiger partial charge in [-0.25, -0.2) is 0 Å². The Kier molecular flexibility index (Phi) is 84.4. The molecule has 0 saturated heterocycles. The van der Waals surface area contributed by atoms with Crippen LogP contribution in [0.25, 0.3) is 0 Å². The molecule has 1 unspecified atom stereocenters. The Morgan fingerprint density at radius 2 is 0.701 bits per heavy atom. The number of hydrogen-bond acceptors (Lipinski definition) is 0. The first-order valence-electron chi connectivity index (χ1n) is 34.1. The van der Waals surface area contributed by atoms with Crippen molar-refractivity contribution >= 4 is 0 Å². The highest BCUT2D eigenvalue weighted by atomic mass is 14.1. The van der Waals surface area contributed by atoms with E-state index in [-0.39, 0.29) is 0 Å². The van der Waals surface area contributed by atoms with E-state index in [1.807, 2.05) is 42.5 Å². The van der Waals surface area contributed by atoms with Crippen LogP contribution >= 0.6 is 0 Å². The van der Waals surface area contributed by atoms with Crippen LogP contribution in [-0.2, 0) is 0 Å². The normalized spacial score (nSPS) is 12.8. The summed E-state index contributed by atoms with van der Waals surface area (Å²) in [6, 6.07) is 0. The monoisotopic (exact) mass is 1190 g/mol. The first-order chi connectivity index (χ1) is 41.4. The third-order valence-corrected chi connectivity index (χ3v) is 14.9. The summed E-state index contributed by atoms with van der Waals surface area (Å²) >= 11 is 0. The van der Waals surface area contributed by atoms with E-state index in [9.17, 15) is 0 Å². The molecule has 0 radical (unpaired) electrons. The zero-order chi connectivity index (χ0) is 67.9. The minimum Gasteiger partial charge on any atom is -0.103 e. The van der Waals surface area contributed by atoms with Gasteiger partial charge in [-0.15, -0.1) is 46.1 Å². The van der Waals surface area contributed by atoms with Crippen LogP contribution < -0.4 is 0 Å². The van der Waals surface area contributed by atoms with E-state index in [0.717, 1.165) is 57.3 Å². The molecule has 0 aliphatic rings. The maximum atomic E-state index is 3.75. The van der Waals surface area contributed by atoms with Gasteiger partial charge in [0.15, 0.2) is 0 Å². The van der Waals surface area contributed by atoms with Crippen LogP contribution in [0, 0.1) is 5.92 Å². The number of rotatable bonds is 39. The van der Waals surface area contributed by atoms with Crippen LogP contribution in [0.15, 0.2) is 240 Å². The molecule has 0 aromatic carbocycles. The molecule has 0 N–H and O–H groups in total. The van der Waals surface area contributed by atoms with E-state index in [0.29, 0.717) is 0 Å². The van der Waals surface area contributed by atoms with Gasteiger partial charge in [-0.2, -0.15) is 0 Å². The molecule has 0 heteroatoms. The van der Waals surface area contributed by atoms with Crippen LogP contribution in [-0.4, -0.2) is 0 Å². The lowest BCUT2D eigenvalue weighted by Gasteiger charge is -2.07. The highest BCUT2D eigenvalue weighted by Crippen LogP contribution is 2.19. The molecule has 0 fully saturated rings. The van der Waals surface area contributed by atoms with Crippen molar-refractivity contribution in [2.24, 2.45) is 5.92 Å². The van der Waals surface area contributed by atoms with Gasteiger partial charge in [0.1, 0.15) is 0 Å². The predicted octanol–water partition coefficient (Wildman–Crippen LogP) is 31.0. The number of hydrogen-bond donors (Lipinski definition) is 0. The minimum atomic E-state index is 0.812. The molecule has 0 amide bonds. The molecule has 0 bridgehead atoms. The first kappa shape index (κ1) is 95.4. The lowest BCUT2D eigenvalue weighted by atomic mass is 9.99. The lowest BCUT2D eigenvalue weighted by Crippen LogP contribution is -1.92. The van der Waals surface area contributed by atoms with E-state index < -0.39 is 0 Å². The molecular formula is C87H148. The standard InChI is InChI=1S/C14H24.2C13H22.C12H20.C12H22.C12H20.C11H18/c1-5-8-11-14(7-3)12-9-10-13(4)6-2;1-6-8-12(4)13(5)10-9-11(3)7-2;1-5-7-10-13(6-2)11-8-9-12(3)4;1-5-6-9-12(4)10-7-8-11(2)3;1-5-8-12(4)10-7-9-11(3)6-2;1-5-7-8-12(4)10-9-11(3)6-2;1-4-6-7-8-9-10-11(3)5-2/h5,10-11H,1,6-9,12H2,2-4H3;6-7H,1,8-10H2,2-5H3;5,9-10H,1,6-8,11H2,2-4H3;5,8-9H,1,6-7,10H2,2-4H3;5-6,12H,1,7-10H2,2-4H3;5-6,8H,1,7,9-10H2,2-4H3;4-5,7-8H,1,6,9-10H2,2-3H3/b;11-7?,13-12-;;;;;. The fourth-order valence-electron chi connectivity index (χ4n) is 7.62. The van der Waals surface area contributed by atoms with Gasteiger partial charge in [-0.3, -0.25) is 0 Å². The molecule has 496 valence electrons. The van der Waals surface area contributed by atoms with Gasteiger partial charge in [0.2, 0.25) is 0 Å². The van der Waals surface area contributed by atoms with Gasteiger partial charge < -0.3 is 0 Å². The Labute approximate surface area is 548 Å². The molecule has 87 heavy (non-hydrogen) atoms. The number of allylic oxidation sites excluding steroid dienone is 33. The quantitative estimate of drug-likeness (QED) is 0.0538. The smallest absolute Gasteiger partial charge is 0.0142 e. The summed E-state index contributed by atoms with van der Waals surface area (Å²) in [5.41, 5.74) is 19.3. The molecule has 0 heterocycles. The summed E-state index contributed by atoms with van der Waals surface area (Å²) in [6.07, 6.45) is 71.7. The molecule has 0 aromatic heterocycles. The SMILES string of the molecule is C=CC/C(C)=C(/C)CCC(C)=CC.C=CCC(C)CCCC(C)=CC.C=CCC=C(C)CCC(C)=CC.C=CCC=C(C)CCC=C(C)C.C=CCC=C(CC)CCC=C(C)C.C=CCC=C(CC)CCC=C(C)CC.C=CCC=CCCC(C)=CC. The second kappa shape index (κ2) is 76.9. The van der Waals surface area contributed by atoms with Crippen molar-refractivity contribution < 1.29 is 0 Å².